The highest BCUT2D eigenvalue weighted by atomic mass is 35.5. The predicted octanol–water partition coefficient (Wildman–Crippen LogP) is 5.61. The Morgan fingerprint density at radius 2 is 1.84 bits per heavy atom. The minimum atomic E-state index is -0.209. The Kier molecular flexibility index (Phi) is 4.33. The van der Waals surface area contributed by atoms with Gasteiger partial charge in [-0.05, 0) is 61.4 Å². The summed E-state index contributed by atoms with van der Waals surface area (Å²) < 4.78 is 13.2. The van der Waals surface area contributed by atoms with E-state index in [4.69, 9.17) is 23.2 Å². The molecule has 1 N–H and O–H groups in total. The summed E-state index contributed by atoms with van der Waals surface area (Å²) in [5, 5.41) is 4.58. The van der Waals surface area contributed by atoms with Crippen LogP contribution in [0.5, 0.6) is 0 Å². The van der Waals surface area contributed by atoms with Gasteiger partial charge in [0.15, 0.2) is 0 Å². The molecular weight excluding hydrogens is 284 g/mol. The van der Waals surface area contributed by atoms with Gasteiger partial charge >= 0.3 is 0 Å². The molecule has 100 valence electrons. The molecule has 0 fully saturated rings. The van der Waals surface area contributed by atoms with Gasteiger partial charge in [0, 0.05) is 15.7 Å². The number of aryl methyl sites for hydroxylation is 1. The standard InChI is InChI=1S/C15H14Cl2FN/c1-9-7-12(4-6-15(9)18)19-10(2)13-8-11(16)3-5-14(13)17/h3-8,10,19H,1-2H3. The number of nitrogens with one attached hydrogen (secondary N) is 1. The fourth-order valence-corrected chi connectivity index (χ4v) is 2.37. The monoisotopic (exact) mass is 297 g/mol. The first kappa shape index (κ1) is 14.2. The molecule has 0 heterocycles. The average molecular weight is 298 g/mol. The maximum absolute atomic E-state index is 13.2. The lowest BCUT2D eigenvalue weighted by Crippen LogP contribution is -2.07. The molecule has 2 rings (SSSR count). The average Bonchev–Trinajstić information content (AvgIpc) is 2.36. The van der Waals surface area contributed by atoms with E-state index in [0.717, 1.165) is 11.3 Å². The molecule has 0 saturated carbocycles. The van der Waals surface area contributed by atoms with Gasteiger partial charge in [0.1, 0.15) is 5.82 Å². The molecule has 1 nitrogen and oxygen atoms in total. The Hall–Kier alpha value is -1.25. The van der Waals surface area contributed by atoms with Crippen LogP contribution in [0.1, 0.15) is 24.1 Å². The van der Waals surface area contributed by atoms with Gasteiger partial charge in [0.25, 0.3) is 0 Å². The van der Waals surface area contributed by atoms with E-state index in [2.05, 4.69) is 5.32 Å². The van der Waals surface area contributed by atoms with E-state index < -0.39 is 0 Å². The second kappa shape index (κ2) is 5.81. The third kappa shape index (κ3) is 3.40. The van der Waals surface area contributed by atoms with E-state index in [0.29, 0.717) is 15.6 Å². The SMILES string of the molecule is Cc1cc(NC(C)c2cc(Cl)ccc2Cl)ccc1F. The molecule has 0 aliphatic carbocycles. The molecule has 2 aromatic carbocycles. The lowest BCUT2D eigenvalue weighted by Gasteiger charge is -2.17. The van der Waals surface area contributed by atoms with E-state index in [1.165, 1.54) is 6.07 Å². The fraction of sp³-hybridized carbons (Fsp3) is 0.200. The van der Waals surface area contributed by atoms with Crippen LogP contribution in [-0.2, 0) is 0 Å². The predicted molar refractivity (Wildman–Crippen MR) is 79.6 cm³/mol. The van der Waals surface area contributed by atoms with Crippen LogP contribution in [-0.4, -0.2) is 0 Å². The number of halogens is 3. The van der Waals surface area contributed by atoms with Gasteiger partial charge in [0.2, 0.25) is 0 Å². The van der Waals surface area contributed by atoms with Crippen LogP contribution in [0.25, 0.3) is 0 Å². The topological polar surface area (TPSA) is 12.0 Å². The summed E-state index contributed by atoms with van der Waals surface area (Å²) in [6.07, 6.45) is 0. The fourth-order valence-electron chi connectivity index (χ4n) is 1.91. The Morgan fingerprint density at radius 1 is 1.11 bits per heavy atom. The second-order valence-electron chi connectivity index (χ2n) is 4.50. The van der Waals surface area contributed by atoms with Crippen molar-refractivity contribution < 1.29 is 4.39 Å². The summed E-state index contributed by atoms with van der Waals surface area (Å²) in [6.45, 7) is 3.72. The van der Waals surface area contributed by atoms with E-state index in [1.54, 1.807) is 31.2 Å². The summed E-state index contributed by atoms with van der Waals surface area (Å²) in [7, 11) is 0. The molecule has 0 radical (unpaired) electrons. The zero-order valence-corrected chi connectivity index (χ0v) is 12.2. The Morgan fingerprint density at radius 3 is 2.53 bits per heavy atom. The Labute approximate surface area is 122 Å². The van der Waals surface area contributed by atoms with Gasteiger partial charge in [-0.15, -0.1) is 0 Å². The zero-order chi connectivity index (χ0) is 14.0. The van der Waals surface area contributed by atoms with Crippen LogP contribution in [0.4, 0.5) is 10.1 Å². The molecule has 0 spiro atoms. The van der Waals surface area contributed by atoms with Crippen molar-refractivity contribution in [1.29, 1.82) is 0 Å². The lowest BCUT2D eigenvalue weighted by molar-refractivity contribution is 0.618. The highest BCUT2D eigenvalue weighted by molar-refractivity contribution is 6.33. The molecule has 1 atom stereocenters. The second-order valence-corrected chi connectivity index (χ2v) is 5.34. The van der Waals surface area contributed by atoms with Crippen molar-refractivity contribution in [2.75, 3.05) is 5.32 Å². The van der Waals surface area contributed by atoms with Crippen molar-refractivity contribution in [2.45, 2.75) is 19.9 Å². The van der Waals surface area contributed by atoms with Crippen LogP contribution in [0.2, 0.25) is 10.0 Å². The summed E-state index contributed by atoms with van der Waals surface area (Å²) in [5.74, 6) is -0.209. The normalized spacial score (nSPS) is 12.3. The highest BCUT2D eigenvalue weighted by Gasteiger charge is 2.10. The van der Waals surface area contributed by atoms with Gasteiger partial charge in [-0.3, -0.25) is 0 Å². The maximum Gasteiger partial charge on any atom is 0.126 e. The van der Waals surface area contributed by atoms with E-state index in [-0.39, 0.29) is 11.9 Å². The third-order valence-corrected chi connectivity index (χ3v) is 3.54. The highest BCUT2D eigenvalue weighted by Crippen LogP contribution is 2.29. The van der Waals surface area contributed by atoms with Crippen molar-refractivity contribution >= 4 is 28.9 Å². The molecular formula is C15H14Cl2FN. The number of hydrogen-bond acceptors (Lipinski definition) is 1. The minimum Gasteiger partial charge on any atom is -0.378 e. The van der Waals surface area contributed by atoms with Crippen LogP contribution in [0.15, 0.2) is 36.4 Å². The Balaban J connectivity index is 2.22. The largest absolute Gasteiger partial charge is 0.378 e. The van der Waals surface area contributed by atoms with Crippen LogP contribution in [0, 0.1) is 12.7 Å². The summed E-state index contributed by atoms with van der Waals surface area (Å²) in [6, 6.07) is 10.3. The van der Waals surface area contributed by atoms with Gasteiger partial charge in [-0.2, -0.15) is 0 Å². The number of anilines is 1. The molecule has 0 amide bonds. The summed E-state index contributed by atoms with van der Waals surface area (Å²) in [5.41, 5.74) is 2.37. The van der Waals surface area contributed by atoms with E-state index in [1.807, 2.05) is 13.0 Å². The molecule has 0 aliphatic rings. The minimum absolute atomic E-state index is 0.0175. The zero-order valence-electron chi connectivity index (χ0n) is 10.7. The molecule has 1 unspecified atom stereocenters. The first-order chi connectivity index (χ1) is 8.97. The molecule has 4 heteroatoms. The molecule has 2 aromatic rings. The van der Waals surface area contributed by atoms with Crippen LogP contribution in [0.3, 0.4) is 0 Å². The van der Waals surface area contributed by atoms with Gasteiger partial charge in [0.05, 0.1) is 6.04 Å². The quantitative estimate of drug-likeness (QED) is 0.776. The smallest absolute Gasteiger partial charge is 0.126 e. The first-order valence-corrected chi connectivity index (χ1v) is 6.70. The third-order valence-electron chi connectivity index (χ3n) is 2.97. The van der Waals surface area contributed by atoms with E-state index in [9.17, 15) is 4.39 Å². The van der Waals surface area contributed by atoms with Gasteiger partial charge in [-0.25, -0.2) is 4.39 Å². The lowest BCUT2D eigenvalue weighted by atomic mass is 10.1. The van der Waals surface area contributed by atoms with Crippen molar-refractivity contribution in [1.82, 2.24) is 0 Å². The van der Waals surface area contributed by atoms with E-state index >= 15 is 0 Å². The molecule has 0 bridgehead atoms. The van der Waals surface area contributed by atoms with Crippen molar-refractivity contribution in [3.05, 3.63) is 63.4 Å². The van der Waals surface area contributed by atoms with Gasteiger partial charge in [-0.1, -0.05) is 23.2 Å². The van der Waals surface area contributed by atoms with Crippen molar-refractivity contribution in [3.63, 3.8) is 0 Å². The number of hydrogen-bond donors (Lipinski definition) is 1. The van der Waals surface area contributed by atoms with Crippen molar-refractivity contribution in [2.24, 2.45) is 0 Å². The van der Waals surface area contributed by atoms with Crippen LogP contribution >= 0.6 is 23.2 Å². The van der Waals surface area contributed by atoms with Crippen molar-refractivity contribution in [3.8, 4) is 0 Å². The van der Waals surface area contributed by atoms with Gasteiger partial charge < -0.3 is 5.32 Å². The molecule has 19 heavy (non-hydrogen) atoms. The maximum atomic E-state index is 13.2. The summed E-state index contributed by atoms with van der Waals surface area (Å²) >= 11 is 12.1. The molecule has 0 saturated heterocycles. The molecule has 0 aromatic heterocycles. The number of rotatable bonds is 3. The first-order valence-electron chi connectivity index (χ1n) is 5.95. The summed E-state index contributed by atoms with van der Waals surface area (Å²) in [4.78, 5) is 0. The molecule has 0 aliphatic heterocycles. The van der Waals surface area contributed by atoms with Crippen LogP contribution < -0.4 is 5.32 Å². The number of benzene rings is 2. The Bertz CT molecular complexity index is 599.